The molecule has 0 radical (unpaired) electrons. The Bertz CT molecular complexity index is 856. The second-order valence-electron chi connectivity index (χ2n) is 10.6. The molecule has 1 aromatic carbocycles. The third kappa shape index (κ3) is 3.06. The van der Waals surface area contributed by atoms with Crippen molar-refractivity contribution in [2.45, 2.75) is 71.0 Å². The molecule has 0 unspecified atom stereocenters. The fourth-order valence-corrected chi connectivity index (χ4v) is 7.54. The van der Waals surface area contributed by atoms with E-state index >= 15 is 0 Å². The number of hydrogen-bond donors (Lipinski definition) is 2. The second kappa shape index (κ2) is 6.97. The average Bonchev–Trinajstić information content (AvgIpc) is 2.95. The first-order chi connectivity index (χ1) is 13.8. The van der Waals surface area contributed by atoms with Crippen LogP contribution in [0.3, 0.4) is 0 Å². The van der Waals surface area contributed by atoms with Crippen LogP contribution in [0.4, 0.5) is 0 Å². The van der Waals surface area contributed by atoms with Crippen LogP contribution in [0, 0.1) is 28.6 Å². The number of halogens is 1. The van der Waals surface area contributed by atoms with Gasteiger partial charge in [0.1, 0.15) is 0 Å². The summed E-state index contributed by atoms with van der Waals surface area (Å²) in [5, 5.41) is 22.3. The van der Waals surface area contributed by atoms with Crippen molar-refractivity contribution in [3.8, 4) is 0 Å². The van der Waals surface area contributed by atoms with Crippen LogP contribution in [0.15, 0.2) is 41.5 Å². The monoisotopic (exact) mass is 412 g/mol. The fraction of sp³-hybridized carbons (Fsp3) is 0.615. The quantitative estimate of drug-likeness (QED) is 0.554. The van der Waals surface area contributed by atoms with Crippen molar-refractivity contribution < 1.29 is 10.2 Å². The van der Waals surface area contributed by atoms with Crippen LogP contribution in [0.25, 0.3) is 6.08 Å². The lowest BCUT2D eigenvalue weighted by molar-refractivity contribution is -0.0685. The van der Waals surface area contributed by atoms with Crippen LogP contribution in [0.5, 0.6) is 0 Å². The minimum Gasteiger partial charge on any atom is -0.393 e. The molecule has 0 amide bonds. The maximum Gasteiger partial charge on any atom is 0.0809 e. The van der Waals surface area contributed by atoms with Crippen molar-refractivity contribution in [1.29, 1.82) is 0 Å². The first-order valence-corrected chi connectivity index (χ1v) is 11.7. The van der Waals surface area contributed by atoms with E-state index < -0.39 is 0 Å². The largest absolute Gasteiger partial charge is 0.393 e. The van der Waals surface area contributed by atoms with E-state index in [4.69, 9.17) is 11.6 Å². The number of benzene rings is 1. The van der Waals surface area contributed by atoms with Gasteiger partial charge in [0.05, 0.1) is 12.2 Å². The molecule has 4 aliphatic carbocycles. The molecule has 7 atom stereocenters. The third-order valence-electron chi connectivity index (χ3n) is 9.17. The standard InChI is InChI=1S/C26H33ClO2/c1-25-11-9-20(28)15-18(25)5-8-21-22(25)10-12-26(2)23(21)14-17(24(26)29)13-16-3-6-19(27)7-4-16/h3-7,13,20-24,28-29H,8-12,14-15H2,1-2H3/b17-13+/t20-,21+,22-,23-,24+,25-,26-/m0/s1. The highest BCUT2D eigenvalue weighted by Gasteiger charge is 2.59. The number of fused-ring (bicyclic) bond motifs is 5. The summed E-state index contributed by atoms with van der Waals surface area (Å²) in [6.07, 6.45) is 11.5. The topological polar surface area (TPSA) is 40.5 Å². The number of aliphatic hydroxyl groups excluding tert-OH is 2. The maximum atomic E-state index is 11.3. The molecule has 2 nitrogen and oxygen atoms in total. The van der Waals surface area contributed by atoms with Gasteiger partial charge in [-0.15, -0.1) is 0 Å². The number of allylic oxidation sites excluding steroid dienone is 1. The molecular formula is C26H33ClO2. The molecule has 0 heterocycles. The summed E-state index contributed by atoms with van der Waals surface area (Å²) in [6, 6.07) is 7.93. The van der Waals surface area contributed by atoms with Crippen molar-refractivity contribution in [3.63, 3.8) is 0 Å². The van der Waals surface area contributed by atoms with Crippen molar-refractivity contribution >= 4 is 17.7 Å². The van der Waals surface area contributed by atoms with Gasteiger partial charge in [-0.25, -0.2) is 0 Å². The summed E-state index contributed by atoms with van der Waals surface area (Å²) in [6.45, 7) is 4.79. The highest BCUT2D eigenvalue weighted by atomic mass is 35.5. The molecule has 3 saturated carbocycles. The Hall–Kier alpha value is -1.09. The van der Waals surface area contributed by atoms with Gasteiger partial charge in [0.15, 0.2) is 0 Å². The number of rotatable bonds is 1. The lowest BCUT2D eigenvalue weighted by atomic mass is 9.48. The lowest BCUT2D eigenvalue weighted by Crippen LogP contribution is -2.51. The molecule has 3 fully saturated rings. The molecular weight excluding hydrogens is 380 g/mol. The van der Waals surface area contributed by atoms with Crippen LogP contribution in [-0.2, 0) is 0 Å². The second-order valence-corrected chi connectivity index (χ2v) is 11.0. The van der Waals surface area contributed by atoms with Crippen LogP contribution in [-0.4, -0.2) is 22.4 Å². The summed E-state index contributed by atoms with van der Waals surface area (Å²) in [4.78, 5) is 0. The summed E-state index contributed by atoms with van der Waals surface area (Å²) >= 11 is 6.04. The highest BCUT2D eigenvalue weighted by molar-refractivity contribution is 6.30. The van der Waals surface area contributed by atoms with E-state index in [1.54, 1.807) is 0 Å². The van der Waals surface area contributed by atoms with E-state index in [-0.39, 0.29) is 23.0 Å². The van der Waals surface area contributed by atoms with Crippen molar-refractivity contribution in [3.05, 3.63) is 52.1 Å². The summed E-state index contributed by atoms with van der Waals surface area (Å²) < 4.78 is 0. The molecule has 2 N–H and O–H groups in total. The Balaban J connectivity index is 1.46. The zero-order valence-electron chi connectivity index (χ0n) is 17.6. The third-order valence-corrected chi connectivity index (χ3v) is 9.42. The van der Waals surface area contributed by atoms with Crippen molar-refractivity contribution in [1.82, 2.24) is 0 Å². The molecule has 156 valence electrons. The molecule has 0 aromatic heterocycles. The van der Waals surface area contributed by atoms with Crippen molar-refractivity contribution in [2.75, 3.05) is 0 Å². The van der Waals surface area contributed by atoms with Gasteiger partial charge in [-0.05, 0) is 91.4 Å². The zero-order chi connectivity index (χ0) is 20.4. The Morgan fingerprint density at radius 3 is 2.52 bits per heavy atom. The predicted molar refractivity (Wildman–Crippen MR) is 119 cm³/mol. The smallest absolute Gasteiger partial charge is 0.0809 e. The van der Waals surface area contributed by atoms with E-state index in [1.807, 2.05) is 24.3 Å². The summed E-state index contributed by atoms with van der Waals surface area (Å²) in [5.41, 5.74) is 4.06. The molecule has 1 aromatic rings. The van der Waals surface area contributed by atoms with Gasteiger partial charge in [-0.3, -0.25) is 0 Å². The van der Waals surface area contributed by atoms with Gasteiger partial charge >= 0.3 is 0 Å². The van der Waals surface area contributed by atoms with E-state index in [0.29, 0.717) is 17.8 Å². The molecule has 29 heavy (non-hydrogen) atoms. The van der Waals surface area contributed by atoms with Gasteiger partial charge in [-0.1, -0.05) is 55.3 Å². The molecule has 4 aliphatic rings. The first-order valence-electron chi connectivity index (χ1n) is 11.3. The van der Waals surface area contributed by atoms with E-state index in [1.165, 1.54) is 17.6 Å². The molecule has 3 heteroatoms. The molecule has 0 aliphatic heterocycles. The maximum absolute atomic E-state index is 11.3. The minimum absolute atomic E-state index is 0.0185. The van der Waals surface area contributed by atoms with E-state index in [9.17, 15) is 10.2 Å². The van der Waals surface area contributed by atoms with Gasteiger partial charge in [0, 0.05) is 10.4 Å². The SMILES string of the molecule is C[C@]12CC[C@H]3[C@@H](CC=C4C[C@@H](O)CC[C@@]43C)[C@@H]1C/C(=C\c1ccc(Cl)cc1)[C@H]2O. The van der Waals surface area contributed by atoms with Gasteiger partial charge in [-0.2, -0.15) is 0 Å². The minimum atomic E-state index is -0.351. The molecule has 0 saturated heterocycles. The average molecular weight is 413 g/mol. The first kappa shape index (κ1) is 19.8. The number of aliphatic hydroxyl groups is 2. The highest BCUT2D eigenvalue weighted by Crippen LogP contribution is 2.65. The lowest BCUT2D eigenvalue weighted by Gasteiger charge is -2.57. The number of hydrogen-bond acceptors (Lipinski definition) is 2. The van der Waals surface area contributed by atoms with E-state index in [0.717, 1.165) is 49.1 Å². The van der Waals surface area contributed by atoms with Crippen LogP contribution in [0.2, 0.25) is 5.02 Å². The predicted octanol–water partition coefficient (Wildman–Crippen LogP) is 6.02. The van der Waals surface area contributed by atoms with Gasteiger partial charge in [0.25, 0.3) is 0 Å². The molecule has 0 spiro atoms. The fourth-order valence-electron chi connectivity index (χ4n) is 7.41. The zero-order valence-corrected chi connectivity index (χ0v) is 18.3. The van der Waals surface area contributed by atoms with Crippen LogP contribution < -0.4 is 0 Å². The van der Waals surface area contributed by atoms with Gasteiger partial charge in [0.2, 0.25) is 0 Å². The molecule has 0 bridgehead atoms. The van der Waals surface area contributed by atoms with Crippen molar-refractivity contribution in [2.24, 2.45) is 28.6 Å². The molecule has 5 rings (SSSR count). The van der Waals surface area contributed by atoms with E-state index in [2.05, 4.69) is 26.0 Å². The Morgan fingerprint density at radius 1 is 1.00 bits per heavy atom. The Morgan fingerprint density at radius 2 is 1.76 bits per heavy atom. The normalized spacial score (nSPS) is 45.3. The Labute approximate surface area is 179 Å². The van der Waals surface area contributed by atoms with Crippen LogP contribution in [0.1, 0.15) is 64.4 Å². The Kier molecular flexibility index (Phi) is 4.77. The van der Waals surface area contributed by atoms with Crippen LogP contribution >= 0.6 is 11.6 Å². The summed E-state index contributed by atoms with van der Waals surface area (Å²) in [5.74, 6) is 1.87. The summed E-state index contributed by atoms with van der Waals surface area (Å²) in [7, 11) is 0. The van der Waals surface area contributed by atoms with Gasteiger partial charge < -0.3 is 10.2 Å².